The highest BCUT2D eigenvalue weighted by atomic mass is 16.6. The first kappa shape index (κ1) is 39.8. The number of unbranched alkanes of at least 4 members (excludes halogenated alkanes) is 11. The fourth-order valence-electron chi connectivity index (χ4n) is 9.22. The van der Waals surface area contributed by atoms with Gasteiger partial charge in [0.2, 0.25) is 0 Å². The number of aliphatic hydroxyl groups is 1. The minimum atomic E-state index is -1.39. The molecule has 8 nitrogen and oxygen atoms in total. The summed E-state index contributed by atoms with van der Waals surface area (Å²) >= 11 is 0. The third kappa shape index (κ3) is 10.9. The van der Waals surface area contributed by atoms with Crippen LogP contribution in [-0.2, 0) is 33.3 Å². The second-order valence-corrected chi connectivity index (χ2v) is 16.2. The summed E-state index contributed by atoms with van der Waals surface area (Å²) < 4.78 is 25.1. The lowest BCUT2D eigenvalue weighted by Gasteiger charge is -2.51. The van der Waals surface area contributed by atoms with Crippen molar-refractivity contribution in [3.8, 4) is 0 Å². The molecule has 2 saturated heterocycles. The summed E-state index contributed by atoms with van der Waals surface area (Å²) in [6.45, 7) is 15.1. The zero-order valence-electron chi connectivity index (χ0n) is 31.1. The van der Waals surface area contributed by atoms with Crippen LogP contribution in [0.25, 0.3) is 0 Å². The Morgan fingerprint density at radius 3 is 1.83 bits per heavy atom. The van der Waals surface area contributed by atoms with Crippen molar-refractivity contribution in [3.05, 3.63) is 0 Å². The number of fused-ring (bicyclic) bond motifs is 5. The lowest BCUT2D eigenvalue weighted by atomic mass is 9.57. The first-order chi connectivity index (χ1) is 22.1. The largest absolute Gasteiger partial charge is 0.459 e. The predicted octanol–water partition coefficient (Wildman–Crippen LogP) is 8.63. The van der Waals surface area contributed by atoms with E-state index >= 15 is 0 Å². The number of rotatable bonds is 17. The van der Waals surface area contributed by atoms with Crippen LogP contribution in [0.5, 0.6) is 0 Å². The van der Waals surface area contributed by atoms with Gasteiger partial charge in [-0.05, 0) is 64.7 Å². The highest BCUT2D eigenvalue weighted by Gasteiger charge is 2.65. The summed E-state index contributed by atoms with van der Waals surface area (Å²) in [4.78, 5) is 38.0. The van der Waals surface area contributed by atoms with Crippen LogP contribution >= 0.6 is 0 Å². The van der Waals surface area contributed by atoms with E-state index in [0.29, 0.717) is 31.6 Å². The summed E-state index contributed by atoms with van der Waals surface area (Å²) in [6, 6.07) is 0. The van der Waals surface area contributed by atoms with E-state index in [1.54, 1.807) is 6.92 Å². The van der Waals surface area contributed by atoms with E-state index in [9.17, 15) is 19.5 Å². The van der Waals surface area contributed by atoms with E-state index in [0.717, 1.165) is 25.7 Å². The Balaban J connectivity index is 1.68. The van der Waals surface area contributed by atoms with E-state index in [1.807, 2.05) is 13.8 Å². The fourth-order valence-corrected chi connectivity index (χ4v) is 9.22. The van der Waals surface area contributed by atoms with Gasteiger partial charge in [-0.2, -0.15) is 0 Å². The maximum atomic E-state index is 13.1. The van der Waals surface area contributed by atoms with Crippen molar-refractivity contribution in [1.29, 1.82) is 0 Å². The maximum Gasteiger partial charge on any atom is 0.306 e. The summed E-state index contributed by atoms with van der Waals surface area (Å²) in [5.41, 5.74) is -3.19. The van der Waals surface area contributed by atoms with Crippen molar-refractivity contribution >= 4 is 17.9 Å². The molecule has 2 aliphatic heterocycles. The normalized spacial score (nSPS) is 35.4. The molecule has 8 heteroatoms. The quantitative estimate of drug-likeness (QED) is 0.0935. The molecule has 0 spiro atoms. The molecule has 2 heterocycles. The molecule has 1 saturated carbocycles. The van der Waals surface area contributed by atoms with Crippen molar-refractivity contribution in [3.63, 3.8) is 0 Å². The maximum absolute atomic E-state index is 13.1. The minimum Gasteiger partial charge on any atom is -0.459 e. The summed E-state index contributed by atoms with van der Waals surface area (Å²) in [7, 11) is 0. The Morgan fingerprint density at radius 2 is 1.30 bits per heavy atom. The van der Waals surface area contributed by atoms with Crippen LogP contribution in [0, 0.1) is 23.7 Å². The first-order valence-electron chi connectivity index (χ1n) is 19.1. The van der Waals surface area contributed by atoms with Gasteiger partial charge in [0.05, 0.1) is 6.10 Å². The van der Waals surface area contributed by atoms with Gasteiger partial charge >= 0.3 is 17.9 Å². The smallest absolute Gasteiger partial charge is 0.306 e. The summed E-state index contributed by atoms with van der Waals surface area (Å²) in [6.07, 6.45) is 15.7. The molecule has 2 bridgehead atoms. The molecule has 3 aliphatic rings. The van der Waals surface area contributed by atoms with Gasteiger partial charge in [0.1, 0.15) is 29.0 Å². The number of ether oxygens (including phenoxy) is 4. The predicted molar refractivity (Wildman–Crippen MR) is 184 cm³/mol. The molecule has 0 aromatic heterocycles. The van der Waals surface area contributed by atoms with E-state index in [-0.39, 0.29) is 36.1 Å². The molecular formula is C39H68O8. The monoisotopic (exact) mass is 664 g/mol. The molecule has 3 fully saturated rings. The number of esters is 3. The Kier molecular flexibility index (Phi) is 15.1. The van der Waals surface area contributed by atoms with Gasteiger partial charge in [-0.25, -0.2) is 0 Å². The molecule has 0 aromatic carbocycles. The van der Waals surface area contributed by atoms with Crippen LogP contribution in [0.15, 0.2) is 0 Å². The van der Waals surface area contributed by atoms with E-state index in [2.05, 4.69) is 20.8 Å². The molecule has 1 aliphatic carbocycles. The summed E-state index contributed by atoms with van der Waals surface area (Å²) in [5.74, 6) is -0.695. The second-order valence-electron chi connectivity index (χ2n) is 16.2. The third-order valence-corrected chi connectivity index (χ3v) is 11.6. The van der Waals surface area contributed by atoms with Gasteiger partial charge in [0.15, 0.2) is 0 Å². The standard InChI is InChI=1S/C39H68O8/c1-9-10-11-12-13-14-15-16-17-18-19-20-21-33(42)45-32-23-25-39(8,47-29(5)41)36-34-30(27(2)3)22-24-38(7,46-28(4)40)35(34)31(44-36)26-37(32,6)43/h27,30-32,34-36,43H,9-26H2,1-8H3. The third-order valence-electron chi connectivity index (χ3n) is 11.6. The van der Waals surface area contributed by atoms with Crippen molar-refractivity contribution in [2.45, 2.75) is 206 Å². The van der Waals surface area contributed by atoms with Crippen LogP contribution in [0.3, 0.4) is 0 Å². The number of carbonyl (C=O) groups is 3. The first-order valence-corrected chi connectivity index (χ1v) is 19.1. The highest BCUT2D eigenvalue weighted by molar-refractivity contribution is 5.69. The number of carbonyl (C=O) groups excluding carboxylic acids is 3. The topological polar surface area (TPSA) is 108 Å². The van der Waals surface area contributed by atoms with Gasteiger partial charge in [-0.3, -0.25) is 14.4 Å². The molecule has 0 aromatic rings. The lowest BCUT2D eigenvalue weighted by molar-refractivity contribution is -0.185. The Hall–Kier alpha value is -1.67. The SMILES string of the molecule is CCCCCCCCCCCCCCC(=O)OC1CCC(C)(OC(C)=O)C2OC(CC1(C)O)C1C2C(C(C)C)CCC1(C)OC(C)=O. The average molecular weight is 665 g/mol. The van der Waals surface area contributed by atoms with Crippen molar-refractivity contribution in [2.24, 2.45) is 23.7 Å². The van der Waals surface area contributed by atoms with Crippen LogP contribution in [0.2, 0.25) is 0 Å². The van der Waals surface area contributed by atoms with E-state index in [4.69, 9.17) is 18.9 Å². The second kappa shape index (κ2) is 17.8. The van der Waals surface area contributed by atoms with Gasteiger partial charge in [-0.1, -0.05) is 91.4 Å². The number of hydrogen-bond donors (Lipinski definition) is 1. The van der Waals surface area contributed by atoms with Gasteiger partial charge < -0.3 is 24.1 Å². The van der Waals surface area contributed by atoms with Crippen LogP contribution in [0.4, 0.5) is 0 Å². The lowest BCUT2D eigenvalue weighted by Crippen LogP contribution is -2.58. The van der Waals surface area contributed by atoms with Gasteiger partial charge in [-0.15, -0.1) is 0 Å². The van der Waals surface area contributed by atoms with Gasteiger partial charge in [0, 0.05) is 38.5 Å². The Labute approximate surface area is 285 Å². The van der Waals surface area contributed by atoms with Crippen LogP contribution < -0.4 is 0 Å². The molecule has 0 amide bonds. The molecule has 47 heavy (non-hydrogen) atoms. The fraction of sp³-hybridized carbons (Fsp3) is 0.923. The molecule has 9 atom stereocenters. The van der Waals surface area contributed by atoms with Crippen LogP contribution in [0.1, 0.15) is 171 Å². The molecule has 3 rings (SSSR count). The van der Waals surface area contributed by atoms with E-state index < -0.39 is 41.1 Å². The molecule has 9 unspecified atom stereocenters. The van der Waals surface area contributed by atoms with E-state index in [1.165, 1.54) is 71.6 Å². The molecule has 1 N–H and O–H groups in total. The van der Waals surface area contributed by atoms with Crippen molar-refractivity contribution in [1.82, 2.24) is 0 Å². The summed E-state index contributed by atoms with van der Waals surface area (Å²) in [5, 5.41) is 12.0. The Morgan fingerprint density at radius 1 is 0.787 bits per heavy atom. The highest BCUT2D eigenvalue weighted by Crippen LogP contribution is 2.58. The minimum absolute atomic E-state index is 0.0388. The molecular weight excluding hydrogens is 596 g/mol. The van der Waals surface area contributed by atoms with Crippen molar-refractivity contribution in [2.75, 3.05) is 0 Å². The molecule has 272 valence electrons. The molecule has 0 radical (unpaired) electrons. The van der Waals surface area contributed by atoms with Gasteiger partial charge in [0.25, 0.3) is 0 Å². The number of hydrogen-bond acceptors (Lipinski definition) is 8. The zero-order chi connectivity index (χ0) is 34.8. The zero-order valence-corrected chi connectivity index (χ0v) is 31.1. The van der Waals surface area contributed by atoms with Crippen LogP contribution in [-0.4, -0.2) is 58.1 Å². The van der Waals surface area contributed by atoms with Crippen molar-refractivity contribution < 1.29 is 38.4 Å². The Bertz CT molecular complexity index is 1010. The average Bonchev–Trinajstić information content (AvgIpc) is 3.36.